The van der Waals surface area contributed by atoms with Gasteiger partial charge in [0.1, 0.15) is 5.82 Å². The number of oxazole rings is 1. The Hall–Kier alpha value is -2.12. The van der Waals surface area contributed by atoms with E-state index in [2.05, 4.69) is 11.9 Å². The first-order chi connectivity index (χ1) is 13.0. The third kappa shape index (κ3) is 4.59. The summed E-state index contributed by atoms with van der Waals surface area (Å²) in [6.07, 6.45) is 3.10. The molecule has 0 aliphatic carbocycles. The number of rotatable bonds is 8. The van der Waals surface area contributed by atoms with Crippen molar-refractivity contribution in [3.05, 3.63) is 60.4 Å². The molecule has 7 heteroatoms. The van der Waals surface area contributed by atoms with E-state index in [1.807, 2.05) is 30.3 Å². The first-order valence-corrected chi connectivity index (χ1v) is 11.2. The van der Waals surface area contributed by atoms with Crippen LogP contribution in [0, 0.1) is 5.82 Å². The van der Waals surface area contributed by atoms with Gasteiger partial charge in [0.05, 0.1) is 4.90 Å². The Morgan fingerprint density at radius 1 is 1.04 bits per heavy atom. The Morgan fingerprint density at radius 2 is 1.74 bits per heavy atom. The summed E-state index contributed by atoms with van der Waals surface area (Å²) in [5.41, 5.74) is 0.702. The molecular weight excluding hydrogens is 385 g/mol. The number of nitrogens with zero attached hydrogens (tertiary/aromatic N) is 1. The number of halogens is 1. The summed E-state index contributed by atoms with van der Waals surface area (Å²) in [6.45, 7) is 2.11. The highest BCUT2D eigenvalue weighted by Crippen LogP contribution is 2.35. The molecule has 2 aromatic carbocycles. The van der Waals surface area contributed by atoms with E-state index < -0.39 is 15.7 Å². The van der Waals surface area contributed by atoms with Crippen molar-refractivity contribution in [1.82, 2.24) is 4.98 Å². The lowest BCUT2D eigenvalue weighted by atomic mass is 10.2. The van der Waals surface area contributed by atoms with E-state index in [-0.39, 0.29) is 20.9 Å². The molecule has 3 rings (SSSR count). The molecule has 0 aliphatic rings. The zero-order valence-corrected chi connectivity index (χ0v) is 16.5. The van der Waals surface area contributed by atoms with E-state index >= 15 is 0 Å². The zero-order chi connectivity index (χ0) is 19.3. The highest BCUT2D eigenvalue weighted by atomic mass is 32.2. The second-order valence-corrected chi connectivity index (χ2v) is 8.92. The van der Waals surface area contributed by atoms with Crippen molar-refractivity contribution < 1.29 is 17.2 Å². The van der Waals surface area contributed by atoms with E-state index in [1.165, 1.54) is 23.9 Å². The molecule has 0 spiro atoms. The van der Waals surface area contributed by atoms with Crippen LogP contribution in [0.5, 0.6) is 0 Å². The van der Waals surface area contributed by atoms with Crippen LogP contribution in [0.3, 0.4) is 0 Å². The first kappa shape index (κ1) is 19.6. The van der Waals surface area contributed by atoms with Gasteiger partial charge in [-0.2, -0.15) is 4.98 Å². The van der Waals surface area contributed by atoms with Crippen LogP contribution in [0.2, 0.25) is 0 Å². The predicted octanol–water partition coefficient (Wildman–Crippen LogP) is 5.60. The third-order valence-corrected chi connectivity index (χ3v) is 6.79. The average Bonchev–Trinajstić information content (AvgIpc) is 3.11. The average molecular weight is 406 g/mol. The molecule has 0 aliphatic heterocycles. The molecule has 1 aromatic heterocycles. The van der Waals surface area contributed by atoms with Crippen molar-refractivity contribution in [2.75, 3.05) is 5.75 Å². The smallest absolute Gasteiger partial charge is 0.228 e. The fourth-order valence-electron chi connectivity index (χ4n) is 2.50. The molecule has 0 fully saturated rings. The van der Waals surface area contributed by atoms with Gasteiger partial charge in [-0.05, 0) is 42.8 Å². The second-order valence-electron chi connectivity index (χ2n) is 5.99. The van der Waals surface area contributed by atoms with Gasteiger partial charge in [-0.15, -0.1) is 0 Å². The maximum Gasteiger partial charge on any atom is 0.228 e. The molecule has 0 saturated heterocycles. The van der Waals surface area contributed by atoms with Gasteiger partial charge in [-0.1, -0.05) is 49.7 Å². The van der Waals surface area contributed by atoms with Gasteiger partial charge in [0.25, 0.3) is 0 Å². The number of hydrogen-bond donors (Lipinski definition) is 0. The van der Waals surface area contributed by atoms with Crippen molar-refractivity contribution in [2.24, 2.45) is 0 Å². The second kappa shape index (κ2) is 8.71. The Kier molecular flexibility index (Phi) is 6.34. The molecule has 0 radical (unpaired) electrons. The minimum absolute atomic E-state index is 0.00720. The van der Waals surface area contributed by atoms with Gasteiger partial charge in [0.15, 0.2) is 0 Å². The van der Waals surface area contributed by atoms with E-state index in [1.54, 1.807) is 0 Å². The standard InChI is InChI=1S/C20H20FNO3S2/c1-2-3-7-14-26-20-19(22-18(25-20)15-8-5-4-6-9-15)27(23,24)17-12-10-16(21)11-13-17/h4-6,8-13H,2-3,7,14H2,1H3. The summed E-state index contributed by atoms with van der Waals surface area (Å²) in [5.74, 6) is 0.506. The lowest BCUT2D eigenvalue weighted by molar-refractivity contribution is 0.470. The van der Waals surface area contributed by atoms with Gasteiger partial charge in [0, 0.05) is 11.3 Å². The SMILES string of the molecule is CCCCCSc1oc(-c2ccccc2)nc1S(=O)(=O)c1ccc(F)cc1. The molecule has 142 valence electrons. The third-order valence-electron chi connectivity index (χ3n) is 3.95. The van der Waals surface area contributed by atoms with Crippen LogP contribution in [-0.4, -0.2) is 19.2 Å². The Bertz CT molecular complexity index is 984. The highest BCUT2D eigenvalue weighted by Gasteiger charge is 2.28. The fourth-order valence-corrected chi connectivity index (χ4v) is 5.03. The number of thioether (sulfide) groups is 1. The quantitative estimate of drug-likeness (QED) is 0.277. The molecule has 0 bridgehead atoms. The van der Waals surface area contributed by atoms with Crippen molar-refractivity contribution in [1.29, 1.82) is 0 Å². The van der Waals surface area contributed by atoms with Crippen LogP contribution < -0.4 is 0 Å². The van der Waals surface area contributed by atoms with E-state index in [9.17, 15) is 12.8 Å². The summed E-state index contributed by atoms with van der Waals surface area (Å²) in [4.78, 5) is 4.27. The largest absolute Gasteiger partial charge is 0.428 e. The summed E-state index contributed by atoms with van der Waals surface area (Å²) >= 11 is 1.34. The summed E-state index contributed by atoms with van der Waals surface area (Å²) in [6, 6.07) is 13.9. The monoisotopic (exact) mass is 405 g/mol. The van der Waals surface area contributed by atoms with Crippen molar-refractivity contribution in [2.45, 2.75) is 41.2 Å². The zero-order valence-electron chi connectivity index (χ0n) is 14.9. The fraction of sp³-hybridized carbons (Fsp3) is 0.250. The Labute approximate surface area is 162 Å². The number of sulfone groups is 1. The van der Waals surface area contributed by atoms with Crippen molar-refractivity contribution in [3.63, 3.8) is 0 Å². The van der Waals surface area contributed by atoms with Gasteiger partial charge in [-0.25, -0.2) is 12.8 Å². The molecule has 0 amide bonds. The van der Waals surface area contributed by atoms with Crippen LogP contribution in [-0.2, 0) is 9.84 Å². The summed E-state index contributed by atoms with van der Waals surface area (Å²) in [5, 5.41) is 0.156. The van der Waals surface area contributed by atoms with E-state index in [4.69, 9.17) is 4.42 Å². The number of benzene rings is 2. The lowest BCUT2D eigenvalue weighted by Gasteiger charge is -2.03. The van der Waals surface area contributed by atoms with Crippen LogP contribution in [0.1, 0.15) is 26.2 Å². The molecule has 27 heavy (non-hydrogen) atoms. The molecule has 0 atom stereocenters. The van der Waals surface area contributed by atoms with Crippen molar-refractivity contribution in [3.8, 4) is 11.5 Å². The van der Waals surface area contributed by atoms with E-state index in [0.717, 1.165) is 37.1 Å². The molecule has 0 saturated carbocycles. The van der Waals surface area contributed by atoms with Crippen LogP contribution in [0.25, 0.3) is 11.5 Å². The first-order valence-electron chi connectivity index (χ1n) is 8.72. The van der Waals surface area contributed by atoms with Crippen LogP contribution in [0.4, 0.5) is 4.39 Å². The maximum absolute atomic E-state index is 13.2. The number of hydrogen-bond acceptors (Lipinski definition) is 5. The molecule has 3 aromatic rings. The van der Waals surface area contributed by atoms with Gasteiger partial charge in [0.2, 0.25) is 25.8 Å². The van der Waals surface area contributed by atoms with Crippen LogP contribution >= 0.6 is 11.8 Å². The van der Waals surface area contributed by atoms with Crippen LogP contribution in [0.15, 0.2) is 74.0 Å². The lowest BCUT2D eigenvalue weighted by Crippen LogP contribution is -2.04. The topological polar surface area (TPSA) is 60.2 Å². The molecule has 0 N–H and O–H groups in total. The minimum atomic E-state index is -3.91. The predicted molar refractivity (Wildman–Crippen MR) is 104 cm³/mol. The molecule has 4 nitrogen and oxygen atoms in total. The van der Waals surface area contributed by atoms with E-state index in [0.29, 0.717) is 5.56 Å². The Morgan fingerprint density at radius 3 is 2.41 bits per heavy atom. The van der Waals surface area contributed by atoms with Gasteiger partial charge < -0.3 is 4.42 Å². The maximum atomic E-state index is 13.2. The summed E-state index contributed by atoms with van der Waals surface area (Å²) < 4.78 is 45.1. The molecule has 0 unspecified atom stereocenters. The van der Waals surface area contributed by atoms with Gasteiger partial charge >= 0.3 is 0 Å². The summed E-state index contributed by atoms with van der Waals surface area (Å²) in [7, 11) is -3.91. The number of aromatic nitrogens is 1. The Balaban J connectivity index is 2.00. The van der Waals surface area contributed by atoms with Gasteiger partial charge in [-0.3, -0.25) is 0 Å². The van der Waals surface area contributed by atoms with Crippen molar-refractivity contribution >= 4 is 21.6 Å². The normalized spacial score (nSPS) is 11.6. The minimum Gasteiger partial charge on any atom is -0.428 e. The molecular formula is C20H20FNO3S2. The molecule has 1 heterocycles. The number of unbranched alkanes of at least 4 members (excludes halogenated alkanes) is 2. The highest BCUT2D eigenvalue weighted by molar-refractivity contribution is 8.00.